The van der Waals surface area contributed by atoms with E-state index in [-0.39, 0.29) is 0 Å². The van der Waals surface area contributed by atoms with E-state index in [0.29, 0.717) is 6.04 Å². The number of hydrogen-bond donors (Lipinski definition) is 1. The number of aromatic nitrogens is 2. The molecule has 0 amide bonds. The van der Waals surface area contributed by atoms with Crippen LogP contribution in [-0.4, -0.2) is 16.0 Å². The lowest BCUT2D eigenvalue weighted by atomic mass is 10.1. The van der Waals surface area contributed by atoms with E-state index < -0.39 is 0 Å². The van der Waals surface area contributed by atoms with Gasteiger partial charge in [-0.1, -0.05) is 43.7 Å². The molecule has 1 heterocycles. The second kappa shape index (κ2) is 6.81. The Morgan fingerprint density at radius 3 is 2.29 bits per heavy atom. The summed E-state index contributed by atoms with van der Waals surface area (Å²) in [6.07, 6.45) is 0.793. The Balaban J connectivity index is 2.19. The summed E-state index contributed by atoms with van der Waals surface area (Å²) in [4.78, 5) is 9.37. The molecule has 0 atom stereocenters. The van der Waals surface area contributed by atoms with Crippen molar-refractivity contribution in [2.45, 2.75) is 53.6 Å². The third-order valence-corrected chi connectivity index (χ3v) is 3.60. The van der Waals surface area contributed by atoms with Crippen molar-refractivity contribution in [3.05, 3.63) is 58.2 Å². The van der Waals surface area contributed by atoms with Gasteiger partial charge in [0.05, 0.1) is 0 Å². The molecule has 1 aromatic heterocycles. The van der Waals surface area contributed by atoms with Crippen LogP contribution in [0.15, 0.2) is 24.3 Å². The molecule has 1 N–H and O–H groups in total. The van der Waals surface area contributed by atoms with Crippen LogP contribution in [0.2, 0.25) is 0 Å². The normalized spacial score (nSPS) is 11.1. The Morgan fingerprint density at radius 2 is 1.71 bits per heavy atom. The van der Waals surface area contributed by atoms with Crippen LogP contribution in [0.3, 0.4) is 0 Å². The van der Waals surface area contributed by atoms with Crippen molar-refractivity contribution in [2.75, 3.05) is 0 Å². The van der Waals surface area contributed by atoms with Gasteiger partial charge in [0.1, 0.15) is 5.82 Å². The van der Waals surface area contributed by atoms with E-state index in [0.717, 1.165) is 30.2 Å². The van der Waals surface area contributed by atoms with Crippen LogP contribution < -0.4 is 5.32 Å². The van der Waals surface area contributed by atoms with Crippen LogP contribution in [-0.2, 0) is 13.0 Å². The van der Waals surface area contributed by atoms with E-state index in [1.54, 1.807) is 0 Å². The van der Waals surface area contributed by atoms with Crippen LogP contribution in [0, 0.1) is 20.8 Å². The zero-order valence-corrected chi connectivity index (χ0v) is 13.7. The SMILES string of the molecule is Cc1cccc(Cc2nc(C)c(CNC(C)C)c(C)n2)c1. The van der Waals surface area contributed by atoms with Gasteiger partial charge in [0, 0.05) is 36.0 Å². The van der Waals surface area contributed by atoms with Gasteiger partial charge in [-0.3, -0.25) is 0 Å². The molecule has 21 heavy (non-hydrogen) atoms. The molecule has 3 heteroatoms. The van der Waals surface area contributed by atoms with E-state index in [2.05, 4.69) is 74.2 Å². The van der Waals surface area contributed by atoms with Gasteiger partial charge in [-0.05, 0) is 26.3 Å². The molecule has 0 bridgehead atoms. The smallest absolute Gasteiger partial charge is 0.133 e. The van der Waals surface area contributed by atoms with Crippen molar-refractivity contribution in [1.29, 1.82) is 0 Å². The fraction of sp³-hybridized carbons (Fsp3) is 0.444. The molecule has 0 radical (unpaired) electrons. The number of nitrogens with zero attached hydrogens (tertiary/aromatic N) is 2. The summed E-state index contributed by atoms with van der Waals surface area (Å²) in [5, 5.41) is 3.44. The number of hydrogen-bond acceptors (Lipinski definition) is 3. The average molecular weight is 283 g/mol. The zero-order chi connectivity index (χ0) is 15.4. The van der Waals surface area contributed by atoms with Crippen LogP contribution in [0.1, 0.15) is 47.8 Å². The lowest BCUT2D eigenvalue weighted by Gasteiger charge is -2.13. The first kappa shape index (κ1) is 15.6. The number of nitrogens with one attached hydrogen (secondary N) is 1. The molecule has 0 spiro atoms. The van der Waals surface area contributed by atoms with Crippen molar-refractivity contribution < 1.29 is 0 Å². The van der Waals surface area contributed by atoms with E-state index in [4.69, 9.17) is 0 Å². The lowest BCUT2D eigenvalue weighted by molar-refractivity contribution is 0.582. The topological polar surface area (TPSA) is 37.8 Å². The summed E-state index contributed by atoms with van der Waals surface area (Å²) >= 11 is 0. The predicted octanol–water partition coefficient (Wildman–Crippen LogP) is 3.49. The third-order valence-electron chi connectivity index (χ3n) is 3.60. The van der Waals surface area contributed by atoms with Crippen LogP contribution in [0.25, 0.3) is 0 Å². The minimum absolute atomic E-state index is 0.468. The highest BCUT2D eigenvalue weighted by molar-refractivity contribution is 5.28. The highest BCUT2D eigenvalue weighted by Gasteiger charge is 2.09. The Bertz CT molecular complexity index is 595. The summed E-state index contributed by atoms with van der Waals surface area (Å²) < 4.78 is 0. The van der Waals surface area contributed by atoms with Crippen LogP contribution in [0.4, 0.5) is 0 Å². The average Bonchev–Trinajstić information content (AvgIpc) is 2.37. The Hall–Kier alpha value is -1.74. The Morgan fingerprint density at radius 1 is 1.05 bits per heavy atom. The van der Waals surface area contributed by atoms with Crippen molar-refractivity contribution in [3.63, 3.8) is 0 Å². The van der Waals surface area contributed by atoms with Crippen molar-refractivity contribution in [3.8, 4) is 0 Å². The second-order valence-electron chi connectivity index (χ2n) is 5.99. The van der Waals surface area contributed by atoms with Crippen LogP contribution >= 0.6 is 0 Å². The molecule has 112 valence electrons. The number of rotatable bonds is 5. The Kier molecular flexibility index (Phi) is 5.07. The van der Waals surface area contributed by atoms with Crippen LogP contribution in [0.5, 0.6) is 0 Å². The molecular weight excluding hydrogens is 258 g/mol. The molecule has 0 aliphatic carbocycles. The first-order valence-electron chi connectivity index (χ1n) is 7.57. The summed E-state index contributed by atoms with van der Waals surface area (Å²) in [6.45, 7) is 11.4. The molecule has 0 saturated carbocycles. The van der Waals surface area contributed by atoms with Gasteiger partial charge < -0.3 is 5.32 Å². The maximum atomic E-state index is 4.69. The summed E-state index contributed by atoms with van der Waals surface area (Å²) in [5.41, 5.74) is 5.92. The van der Waals surface area contributed by atoms with E-state index in [1.807, 2.05) is 0 Å². The minimum atomic E-state index is 0.468. The fourth-order valence-electron chi connectivity index (χ4n) is 2.45. The zero-order valence-electron chi connectivity index (χ0n) is 13.7. The summed E-state index contributed by atoms with van der Waals surface area (Å²) in [6, 6.07) is 9.00. The first-order chi connectivity index (χ1) is 9.95. The van der Waals surface area contributed by atoms with Gasteiger partial charge in [-0.15, -0.1) is 0 Å². The van der Waals surface area contributed by atoms with Gasteiger partial charge in [0.2, 0.25) is 0 Å². The summed E-state index contributed by atoms with van der Waals surface area (Å²) in [5.74, 6) is 0.906. The van der Waals surface area contributed by atoms with Gasteiger partial charge in [-0.25, -0.2) is 9.97 Å². The van der Waals surface area contributed by atoms with Gasteiger partial charge in [0.25, 0.3) is 0 Å². The lowest BCUT2D eigenvalue weighted by Crippen LogP contribution is -2.23. The highest BCUT2D eigenvalue weighted by atomic mass is 14.9. The highest BCUT2D eigenvalue weighted by Crippen LogP contribution is 2.14. The quantitative estimate of drug-likeness (QED) is 0.912. The third kappa shape index (κ3) is 4.36. The maximum absolute atomic E-state index is 4.69. The van der Waals surface area contributed by atoms with E-state index >= 15 is 0 Å². The van der Waals surface area contributed by atoms with Gasteiger partial charge in [0.15, 0.2) is 0 Å². The van der Waals surface area contributed by atoms with Crippen molar-refractivity contribution in [2.24, 2.45) is 0 Å². The molecule has 0 aliphatic heterocycles. The molecular formula is C18H25N3. The standard InChI is InChI=1S/C18H25N3/c1-12(2)19-11-17-14(4)20-18(21-15(17)5)10-16-8-6-7-13(3)9-16/h6-9,12,19H,10-11H2,1-5H3. The molecule has 1 aromatic carbocycles. The molecule has 0 fully saturated rings. The van der Waals surface area contributed by atoms with Gasteiger partial charge >= 0.3 is 0 Å². The molecule has 0 aliphatic rings. The molecule has 3 nitrogen and oxygen atoms in total. The van der Waals surface area contributed by atoms with Gasteiger partial charge in [-0.2, -0.15) is 0 Å². The molecule has 2 rings (SSSR count). The Labute approximate surface area is 127 Å². The number of benzene rings is 1. The summed E-state index contributed by atoms with van der Waals surface area (Å²) in [7, 11) is 0. The predicted molar refractivity (Wildman–Crippen MR) is 87.5 cm³/mol. The maximum Gasteiger partial charge on any atom is 0.133 e. The largest absolute Gasteiger partial charge is 0.310 e. The molecule has 0 saturated heterocycles. The monoisotopic (exact) mass is 283 g/mol. The first-order valence-corrected chi connectivity index (χ1v) is 7.57. The van der Waals surface area contributed by atoms with Crippen molar-refractivity contribution in [1.82, 2.24) is 15.3 Å². The van der Waals surface area contributed by atoms with E-state index in [9.17, 15) is 0 Å². The molecule has 2 aromatic rings. The van der Waals surface area contributed by atoms with E-state index in [1.165, 1.54) is 16.7 Å². The number of aryl methyl sites for hydroxylation is 3. The fourth-order valence-corrected chi connectivity index (χ4v) is 2.45. The van der Waals surface area contributed by atoms with Crippen molar-refractivity contribution >= 4 is 0 Å². The second-order valence-corrected chi connectivity index (χ2v) is 5.99. The molecule has 0 unspecified atom stereocenters. The minimum Gasteiger partial charge on any atom is -0.310 e.